The van der Waals surface area contributed by atoms with Crippen molar-refractivity contribution >= 4 is 11.9 Å². The summed E-state index contributed by atoms with van der Waals surface area (Å²) in [6.45, 7) is 5.89. The van der Waals surface area contributed by atoms with Crippen molar-refractivity contribution in [3.05, 3.63) is 35.4 Å². The molecule has 1 aromatic rings. The van der Waals surface area contributed by atoms with Gasteiger partial charge in [0.15, 0.2) is 6.04 Å². The Morgan fingerprint density at radius 2 is 1.86 bits per heavy atom. The Morgan fingerprint density at radius 3 is 2.29 bits per heavy atom. The Balaban J connectivity index is 2.82. The molecule has 1 atom stereocenters. The molecule has 0 saturated heterocycles. The van der Waals surface area contributed by atoms with Crippen LogP contribution in [0.3, 0.4) is 0 Å². The van der Waals surface area contributed by atoms with Gasteiger partial charge in [-0.05, 0) is 29.5 Å². The van der Waals surface area contributed by atoms with Gasteiger partial charge in [0.1, 0.15) is 0 Å². The SMILES string of the molecule is CCC(C)(C)c1ccc(C(=O)NC(CO)C(=O)OC)cc1. The molecule has 2 N–H and O–H groups in total. The zero-order valence-electron chi connectivity index (χ0n) is 13.0. The van der Waals surface area contributed by atoms with Crippen LogP contribution in [0.25, 0.3) is 0 Å². The standard InChI is InChI=1S/C16H23NO4/c1-5-16(2,3)12-8-6-11(7-9-12)14(19)17-13(10-18)15(20)21-4/h6-9,13,18H,5,10H2,1-4H3,(H,17,19). The van der Waals surface area contributed by atoms with E-state index in [1.54, 1.807) is 12.1 Å². The van der Waals surface area contributed by atoms with Gasteiger partial charge in [-0.15, -0.1) is 0 Å². The lowest BCUT2D eigenvalue weighted by Crippen LogP contribution is -2.44. The number of nitrogens with one attached hydrogen (secondary N) is 1. The van der Waals surface area contributed by atoms with Crippen LogP contribution in [0.1, 0.15) is 43.1 Å². The normalized spacial score (nSPS) is 12.6. The second-order valence-electron chi connectivity index (χ2n) is 5.55. The Kier molecular flexibility index (Phi) is 5.90. The summed E-state index contributed by atoms with van der Waals surface area (Å²) < 4.78 is 4.50. The fourth-order valence-corrected chi connectivity index (χ4v) is 1.84. The number of carbonyl (C=O) groups is 2. The van der Waals surface area contributed by atoms with Crippen molar-refractivity contribution in [2.24, 2.45) is 0 Å². The molecule has 0 saturated carbocycles. The van der Waals surface area contributed by atoms with Crippen LogP contribution in [-0.4, -0.2) is 36.7 Å². The van der Waals surface area contributed by atoms with E-state index in [0.29, 0.717) is 5.56 Å². The van der Waals surface area contributed by atoms with Gasteiger partial charge in [0, 0.05) is 5.56 Å². The minimum Gasteiger partial charge on any atom is -0.467 e. The summed E-state index contributed by atoms with van der Waals surface area (Å²) in [7, 11) is 1.21. The Bertz CT molecular complexity index is 494. The Morgan fingerprint density at radius 1 is 1.29 bits per heavy atom. The smallest absolute Gasteiger partial charge is 0.330 e. The summed E-state index contributed by atoms with van der Waals surface area (Å²) in [5, 5.41) is 11.5. The van der Waals surface area contributed by atoms with Gasteiger partial charge in [-0.3, -0.25) is 4.79 Å². The highest BCUT2D eigenvalue weighted by Gasteiger charge is 2.22. The molecule has 5 nitrogen and oxygen atoms in total. The predicted octanol–water partition coefficient (Wildman–Crippen LogP) is 1.64. The molecular weight excluding hydrogens is 270 g/mol. The van der Waals surface area contributed by atoms with E-state index < -0.39 is 24.5 Å². The monoisotopic (exact) mass is 293 g/mol. The number of hydrogen-bond donors (Lipinski definition) is 2. The molecule has 1 amide bonds. The van der Waals surface area contributed by atoms with Crippen molar-refractivity contribution in [3.8, 4) is 0 Å². The summed E-state index contributed by atoms with van der Waals surface area (Å²) in [5.74, 6) is -1.09. The number of aliphatic hydroxyl groups is 1. The molecule has 0 heterocycles. The van der Waals surface area contributed by atoms with E-state index in [4.69, 9.17) is 5.11 Å². The third kappa shape index (κ3) is 4.29. The maximum atomic E-state index is 12.0. The number of esters is 1. The third-order valence-corrected chi connectivity index (χ3v) is 3.79. The summed E-state index contributed by atoms with van der Waals surface area (Å²) >= 11 is 0. The molecule has 1 aromatic carbocycles. The molecule has 116 valence electrons. The topological polar surface area (TPSA) is 75.6 Å². The second kappa shape index (κ2) is 7.22. The first-order valence-corrected chi connectivity index (χ1v) is 6.95. The van der Waals surface area contributed by atoms with E-state index in [2.05, 4.69) is 30.8 Å². The molecule has 0 bridgehead atoms. The number of methoxy groups -OCH3 is 1. The minimum absolute atomic E-state index is 0.0503. The van der Waals surface area contributed by atoms with E-state index in [9.17, 15) is 9.59 Å². The van der Waals surface area contributed by atoms with E-state index in [0.717, 1.165) is 12.0 Å². The molecule has 21 heavy (non-hydrogen) atoms. The number of rotatable bonds is 6. The molecule has 1 rings (SSSR count). The molecule has 0 radical (unpaired) electrons. The fraction of sp³-hybridized carbons (Fsp3) is 0.500. The van der Waals surface area contributed by atoms with Crippen molar-refractivity contribution in [2.45, 2.75) is 38.6 Å². The van der Waals surface area contributed by atoms with Crippen LogP contribution in [0.2, 0.25) is 0 Å². The molecule has 0 aliphatic rings. The van der Waals surface area contributed by atoms with E-state index >= 15 is 0 Å². The summed E-state index contributed by atoms with van der Waals surface area (Å²) in [6, 6.07) is 6.20. The maximum Gasteiger partial charge on any atom is 0.330 e. The van der Waals surface area contributed by atoms with Crippen LogP contribution in [0.4, 0.5) is 0 Å². The van der Waals surface area contributed by atoms with E-state index in [1.807, 2.05) is 12.1 Å². The van der Waals surface area contributed by atoms with E-state index in [1.165, 1.54) is 7.11 Å². The van der Waals surface area contributed by atoms with Gasteiger partial charge >= 0.3 is 5.97 Å². The number of benzene rings is 1. The zero-order valence-corrected chi connectivity index (χ0v) is 13.0. The van der Waals surface area contributed by atoms with Crippen LogP contribution in [0, 0.1) is 0 Å². The van der Waals surface area contributed by atoms with Gasteiger partial charge in [-0.2, -0.15) is 0 Å². The largest absolute Gasteiger partial charge is 0.467 e. The third-order valence-electron chi connectivity index (χ3n) is 3.79. The van der Waals surface area contributed by atoms with E-state index in [-0.39, 0.29) is 5.41 Å². The van der Waals surface area contributed by atoms with Crippen molar-refractivity contribution in [1.29, 1.82) is 0 Å². The first kappa shape index (κ1) is 17.2. The highest BCUT2D eigenvalue weighted by molar-refractivity contribution is 5.96. The van der Waals surface area contributed by atoms with Crippen LogP contribution < -0.4 is 5.32 Å². The fourth-order valence-electron chi connectivity index (χ4n) is 1.84. The van der Waals surface area contributed by atoms with Crippen LogP contribution in [0.15, 0.2) is 24.3 Å². The summed E-state index contributed by atoms with van der Waals surface area (Å²) in [4.78, 5) is 23.4. The van der Waals surface area contributed by atoms with Crippen molar-refractivity contribution in [1.82, 2.24) is 5.32 Å². The number of hydrogen-bond acceptors (Lipinski definition) is 4. The Hall–Kier alpha value is -1.88. The molecule has 1 unspecified atom stereocenters. The molecule has 0 fully saturated rings. The maximum absolute atomic E-state index is 12.0. The number of ether oxygens (including phenoxy) is 1. The average Bonchev–Trinajstić information content (AvgIpc) is 2.51. The predicted molar refractivity (Wildman–Crippen MR) is 80.1 cm³/mol. The van der Waals surface area contributed by atoms with Crippen LogP contribution in [0.5, 0.6) is 0 Å². The van der Waals surface area contributed by atoms with Crippen molar-refractivity contribution in [2.75, 3.05) is 13.7 Å². The summed E-state index contributed by atoms with van der Waals surface area (Å²) in [5.41, 5.74) is 1.63. The van der Waals surface area contributed by atoms with Gasteiger partial charge in [0.05, 0.1) is 13.7 Å². The molecular formula is C16H23NO4. The quantitative estimate of drug-likeness (QED) is 0.782. The average molecular weight is 293 g/mol. The van der Waals surface area contributed by atoms with Crippen LogP contribution in [-0.2, 0) is 14.9 Å². The van der Waals surface area contributed by atoms with Gasteiger partial charge in [0.25, 0.3) is 5.91 Å². The first-order valence-electron chi connectivity index (χ1n) is 6.95. The number of aliphatic hydroxyl groups excluding tert-OH is 1. The molecule has 0 aromatic heterocycles. The molecule has 5 heteroatoms. The second-order valence-corrected chi connectivity index (χ2v) is 5.55. The van der Waals surface area contributed by atoms with Crippen molar-refractivity contribution < 1.29 is 19.4 Å². The lowest BCUT2D eigenvalue weighted by Gasteiger charge is -2.23. The summed E-state index contributed by atoms with van der Waals surface area (Å²) in [6.07, 6.45) is 0.994. The molecule has 0 aliphatic heterocycles. The molecule has 0 spiro atoms. The van der Waals surface area contributed by atoms with Gasteiger partial charge in [-0.25, -0.2) is 4.79 Å². The molecule has 0 aliphatic carbocycles. The highest BCUT2D eigenvalue weighted by Crippen LogP contribution is 2.26. The minimum atomic E-state index is -1.05. The number of amides is 1. The van der Waals surface area contributed by atoms with Crippen molar-refractivity contribution in [3.63, 3.8) is 0 Å². The first-order chi connectivity index (χ1) is 9.85. The Labute approximate surface area is 125 Å². The van der Waals surface area contributed by atoms with Crippen LogP contribution >= 0.6 is 0 Å². The zero-order chi connectivity index (χ0) is 16.0. The highest BCUT2D eigenvalue weighted by atomic mass is 16.5. The van der Waals surface area contributed by atoms with Gasteiger partial charge in [-0.1, -0.05) is 32.9 Å². The van der Waals surface area contributed by atoms with Gasteiger partial charge in [0.2, 0.25) is 0 Å². The van der Waals surface area contributed by atoms with Gasteiger partial charge < -0.3 is 15.2 Å². The lowest BCUT2D eigenvalue weighted by atomic mass is 9.82. The lowest BCUT2D eigenvalue weighted by molar-refractivity contribution is -0.143. The number of carbonyl (C=O) groups excluding carboxylic acids is 2.